The number of nitrogens with zero attached hydrogens (tertiary/aromatic N) is 3. The fourth-order valence-electron chi connectivity index (χ4n) is 5.46. The SMILES string of the molecule is Cc1ncc(CC2CC3(C2)CN(C(=O)N2CC4(COC(=O)N4)C2)C3)cc1C(F)(F)F. The van der Waals surface area contributed by atoms with Gasteiger partial charge in [-0.05, 0) is 43.7 Å². The molecule has 162 valence electrons. The van der Waals surface area contributed by atoms with Crippen molar-refractivity contribution < 1.29 is 27.5 Å². The Bertz CT molecular complexity index is 899. The number of hydrogen-bond donors (Lipinski definition) is 1. The number of carbonyl (C=O) groups is 2. The van der Waals surface area contributed by atoms with Gasteiger partial charge < -0.3 is 19.9 Å². The maximum Gasteiger partial charge on any atom is 0.418 e. The first-order valence-corrected chi connectivity index (χ1v) is 10.1. The lowest BCUT2D eigenvalue weighted by Crippen LogP contribution is -2.74. The van der Waals surface area contributed by atoms with E-state index in [1.807, 2.05) is 4.90 Å². The molecule has 3 saturated heterocycles. The first kappa shape index (κ1) is 19.4. The molecule has 1 N–H and O–H groups in total. The van der Waals surface area contributed by atoms with Crippen molar-refractivity contribution in [3.05, 3.63) is 29.1 Å². The molecular formula is C20H23F3N4O3. The summed E-state index contributed by atoms with van der Waals surface area (Å²) in [6.07, 6.45) is -0.861. The highest BCUT2D eigenvalue weighted by molar-refractivity contribution is 5.78. The predicted molar refractivity (Wildman–Crippen MR) is 98.6 cm³/mol. The van der Waals surface area contributed by atoms with Crippen LogP contribution >= 0.6 is 0 Å². The second-order valence-corrected chi connectivity index (χ2v) is 9.43. The number of amides is 3. The summed E-state index contributed by atoms with van der Waals surface area (Å²) < 4.78 is 44.1. The molecule has 1 aromatic rings. The van der Waals surface area contributed by atoms with E-state index in [2.05, 4.69) is 10.3 Å². The highest BCUT2D eigenvalue weighted by atomic mass is 19.4. The molecular weight excluding hydrogens is 401 g/mol. The van der Waals surface area contributed by atoms with E-state index in [-0.39, 0.29) is 17.1 Å². The summed E-state index contributed by atoms with van der Waals surface area (Å²) in [4.78, 5) is 31.2. The molecule has 0 unspecified atom stereocenters. The Morgan fingerprint density at radius 3 is 2.53 bits per heavy atom. The summed E-state index contributed by atoms with van der Waals surface area (Å²) in [5.74, 6) is 0.325. The molecule has 1 aliphatic carbocycles. The van der Waals surface area contributed by atoms with E-state index in [4.69, 9.17) is 4.74 Å². The highest BCUT2D eigenvalue weighted by Crippen LogP contribution is 2.53. The Balaban J connectivity index is 1.10. The fourth-order valence-corrected chi connectivity index (χ4v) is 5.46. The number of ether oxygens (including phenoxy) is 1. The lowest BCUT2D eigenvalue weighted by Gasteiger charge is -2.61. The minimum atomic E-state index is -4.38. The molecule has 1 aromatic heterocycles. The molecule has 5 rings (SSSR count). The zero-order valence-corrected chi connectivity index (χ0v) is 16.6. The molecule has 10 heteroatoms. The van der Waals surface area contributed by atoms with Gasteiger partial charge in [-0.3, -0.25) is 4.98 Å². The van der Waals surface area contributed by atoms with E-state index in [0.717, 1.165) is 12.8 Å². The van der Waals surface area contributed by atoms with Gasteiger partial charge in [0.25, 0.3) is 0 Å². The van der Waals surface area contributed by atoms with E-state index >= 15 is 0 Å². The minimum absolute atomic E-state index is 0.000911. The molecule has 30 heavy (non-hydrogen) atoms. The number of halogens is 3. The number of carbonyl (C=O) groups excluding carboxylic acids is 2. The van der Waals surface area contributed by atoms with Crippen LogP contribution in [0, 0.1) is 18.3 Å². The van der Waals surface area contributed by atoms with Crippen molar-refractivity contribution in [1.29, 1.82) is 0 Å². The maximum absolute atomic E-state index is 13.1. The van der Waals surface area contributed by atoms with Crippen molar-refractivity contribution in [3.63, 3.8) is 0 Å². The molecule has 3 aliphatic heterocycles. The summed E-state index contributed by atoms with van der Waals surface area (Å²) in [6.45, 7) is 3.98. The van der Waals surface area contributed by atoms with Gasteiger partial charge in [0.15, 0.2) is 0 Å². The molecule has 1 saturated carbocycles. The van der Waals surface area contributed by atoms with E-state index in [0.29, 0.717) is 50.7 Å². The smallest absolute Gasteiger partial charge is 0.418 e. The molecule has 2 spiro atoms. The number of aryl methyl sites for hydroxylation is 1. The van der Waals surface area contributed by atoms with E-state index in [1.165, 1.54) is 19.2 Å². The Hall–Kier alpha value is -2.52. The quantitative estimate of drug-likeness (QED) is 0.792. The van der Waals surface area contributed by atoms with Crippen LogP contribution in [0.4, 0.5) is 22.8 Å². The van der Waals surface area contributed by atoms with E-state index in [9.17, 15) is 22.8 Å². The lowest BCUT2D eigenvalue weighted by molar-refractivity contribution is -0.138. The molecule has 4 aliphatic rings. The summed E-state index contributed by atoms with van der Waals surface area (Å²) in [5.41, 5.74) is -0.356. The van der Waals surface area contributed by atoms with Crippen LogP contribution in [0.5, 0.6) is 0 Å². The number of rotatable bonds is 2. The van der Waals surface area contributed by atoms with Crippen molar-refractivity contribution in [2.45, 2.75) is 37.9 Å². The minimum Gasteiger partial charge on any atom is -0.447 e. The van der Waals surface area contributed by atoms with Crippen molar-refractivity contribution in [2.24, 2.45) is 11.3 Å². The first-order chi connectivity index (χ1) is 14.1. The van der Waals surface area contributed by atoms with Crippen LogP contribution in [0.1, 0.15) is 29.7 Å². The van der Waals surface area contributed by atoms with Crippen molar-refractivity contribution in [3.8, 4) is 0 Å². The third-order valence-corrected chi connectivity index (χ3v) is 6.84. The lowest BCUT2D eigenvalue weighted by atomic mass is 9.56. The summed E-state index contributed by atoms with van der Waals surface area (Å²) in [7, 11) is 0. The van der Waals surface area contributed by atoms with E-state index in [1.54, 1.807) is 4.90 Å². The molecule has 7 nitrogen and oxygen atoms in total. The van der Waals surface area contributed by atoms with Gasteiger partial charge >= 0.3 is 18.3 Å². The van der Waals surface area contributed by atoms with Crippen LogP contribution in [0.25, 0.3) is 0 Å². The summed E-state index contributed by atoms with van der Waals surface area (Å²) in [6, 6.07) is 1.20. The number of alkyl halides is 3. The Morgan fingerprint density at radius 1 is 1.27 bits per heavy atom. The number of nitrogens with one attached hydrogen (secondary N) is 1. The van der Waals surface area contributed by atoms with Crippen LogP contribution in [0.2, 0.25) is 0 Å². The van der Waals surface area contributed by atoms with Gasteiger partial charge in [-0.2, -0.15) is 13.2 Å². The van der Waals surface area contributed by atoms with Crippen LogP contribution < -0.4 is 5.32 Å². The topological polar surface area (TPSA) is 74.8 Å². The summed E-state index contributed by atoms with van der Waals surface area (Å²) in [5, 5.41) is 2.76. The number of aromatic nitrogens is 1. The van der Waals surface area contributed by atoms with Gasteiger partial charge in [0, 0.05) is 30.4 Å². The van der Waals surface area contributed by atoms with Gasteiger partial charge in [0.2, 0.25) is 0 Å². The number of cyclic esters (lactones) is 1. The van der Waals surface area contributed by atoms with Crippen LogP contribution in [0.15, 0.2) is 12.3 Å². The standard InChI is InChI=1S/C20H23F3N4O3/c1-12-15(20(21,22)23)3-13(6-24-12)2-14-4-18(5-14)7-26(8-18)17(29)27-9-19(10-27)11-30-16(28)25-19/h3,6,14H,2,4-5,7-11H2,1H3,(H,25,28). The average molecular weight is 424 g/mol. The van der Waals surface area contributed by atoms with Crippen LogP contribution in [-0.4, -0.2) is 65.2 Å². The van der Waals surface area contributed by atoms with Crippen molar-refractivity contribution in [2.75, 3.05) is 32.8 Å². The third kappa shape index (κ3) is 3.16. The van der Waals surface area contributed by atoms with Gasteiger partial charge in [-0.15, -0.1) is 0 Å². The van der Waals surface area contributed by atoms with Crippen LogP contribution in [-0.2, 0) is 17.3 Å². The molecule has 0 radical (unpaired) electrons. The predicted octanol–water partition coefficient (Wildman–Crippen LogP) is 2.58. The molecule has 0 atom stereocenters. The normalized spacial score (nSPS) is 24.2. The monoisotopic (exact) mass is 424 g/mol. The zero-order valence-electron chi connectivity index (χ0n) is 16.6. The van der Waals surface area contributed by atoms with E-state index < -0.39 is 23.4 Å². The Kier molecular flexibility index (Phi) is 4.05. The maximum atomic E-state index is 13.1. The van der Waals surface area contributed by atoms with Gasteiger partial charge in [0.1, 0.15) is 12.1 Å². The number of likely N-dealkylation sites (tertiary alicyclic amines) is 2. The molecule has 4 fully saturated rings. The van der Waals surface area contributed by atoms with Crippen LogP contribution in [0.3, 0.4) is 0 Å². The molecule has 3 amide bonds. The summed E-state index contributed by atoms with van der Waals surface area (Å²) >= 11 is 0. The van der Waals surface area contributed by atoms with Crippen molar-refractivity contribution in [1.82, 2.24) is 20.1 Å². The molecule has 4 heterocycles. The van der Waals surface area contributed by atoms with Gasteiger partial charge in [0.05, 0.1) is 18.7 Å². The van der Waals surface area contributed by atoms with Crippen molar-refractivity contribution >= 4 is 12.1 Å². The molecule has 0 bridgehead atoms. The zero-order chi connectivity index (χ0) is 21.3. The molecule has 0 aromatic carbocycles. The Morgan fingerprint density at radius 2 is 1.93 bits per heavy atom. The number of alkyl carbamates (subject to hydrolysis) is 1. The second kappa shape index (κ2) is 6.24. The van der Waals surface area contributed by atoms with Gasteiger partial charge in [-0.1, -0.05) is 0 Å². The number of urea groups is 1. The second-order valence-electron chi connectivity index (χ2n) is 9.43. The number of hydrogen-bond acceptors (Lipinski definition) is 4. The Labute approximate surface area is 171 Å². The van der Waals surface area contributed by atoms with Gasteiger partial charge in [-0.25, -0.2) is 9.59 Å². The fraction of sp³-hybridized carbons (Fsp3) is 0.650. The number of pyridine rings is 1. The average Bonchev–Trinajstić information content (AvgIpc) is 2.96. The third-order valence-electron chi connectivity index (χ3n) is 6.84. The highest BCUT2D eigenvalue weighted by Gasteiger charge is 2.57. The first-order valence-electron chi connectivity index (χ1n) is 10.1. The largest absolute Gasteiger partial charge is 0.447 e.